The zero-order valence-corrected chi connectivity index (χ0v) is 10.7. The lowest BCUT2D eigenvalue weighted by atomic mass is 10.2. The summed E-state index contributed by atoms with van der Waals surface area (Å²) >= 11 is 0. The Balaban J connectivity index is 1.77. The van der Waals surface area contributed by atoms with Gasteiger partial charge in [-0.3, -0.25) is 4.98 Å². The molecule has 0 aliphatic rings. The van der Waals surface area contributed by atoms with Crippen molar-refractivity contribution in [3.8, 4) is 5.75 Å². The summed E-state index contributed by atoms with van der Waals surface area (Å²) in [7, 11) is 0. The van der Waals surface area contributed by atoms with Crippen molar-refractivity contribution in [2.24, 2.45) is 0 Å². The van der Waals surface area contributed by atoms with Crippen LogP contribution in [-0.4, -0.2) is 23.3 Å². The summed E-state index contributed by atoms with van der Waals surface area (Å²) < 4.78 is 5.30. The molecule has 1 aromatic heterocycles. The molecule has 0 saturated carbocycles. The number of aromatic nitrogens is 1. The highest BCUT2D eigenvalue weighted by molar-refractivity contribution is 5.27. The Kier molecular flexibility index (Phi) is 5.34. The number of nitrogens with one attached hydrogen (secondary N) is 1. The van der Waals surface area contributed by atoms with Crippen LogP contribution in [0.2, 0.25) is 0 Å². The van der Waals surface area contributed by atoms with E-state index in [1.165, 1.54) is 5.56 Å². The normalized spacial score (nSPS) is 10.4. The van der Waals surface area contributed by atoms with Crippen molar-refractivity contribution >= 4 is 0 Å². The number of hydrogen-bond acceptors (Lipinski definition) is 4. The molecule has 0 spiro atoms. The molecule has 1 aromatic carbocycles. The molecule has 0 saturated heterocycles. The van der Waals surface area contributed by atoms with Crippen molar-refractivity contribution in [3.05, 3.63) is 59.9 Å². The second-order valence-corrected chi connectivity index (χ2v) is 4.14. The summed E-state index contributed by atoms with van der Waals surface area (Å²) in [5.41, 5.74) is 2.22. The first-order valence-electron chi connectivity index (χ1n) is 6.32. The quantitative estimate of drug-likeness (QED) is 0.794. The van der Waals surface area contributed by atoms with Gasteiger partial charge in [-0.05, 0) is 29.8 Å². The summed E-state index contributed by atoms with van der Waals surface area (Å²) in [6.45, 7) is 1.91. The first-order valence-corrected chi connectivity index (χ1v) is 6.32. The maximum absolute atomic E-state index is 8.67. The maximum atomic E-state index is 8.67. The monoisotopic (exact) mass is 258 g/mol. The van der Waals surface area contributed by atoms with Gasteiger partial charge < -0.3 is 15.2 Å². The van der Waals surface area contributed by atoms with Gasteiger partial charge in [0.25, 0.3) is 0 Å². The molecule has 0 aliphatic carbocycles. The van der Waals surface area contributed by atoms with Gasteiger partial charge in [0.2, 0.25) is 0 Å². The van der Waals surface area contributed by atoms with E-state index in [1.807, 2.05) is 42.5 Å². The first-order chi connectivity index (χ1) is 9.38. The fourth-order valence-electron chi connectivity index (χ4n) is 1.70. The number of aliphatic hydroxyl groups excluding tert-OH is 1. The number of nitrogens with zero attached hydrogens (tertiary/aromatic N) is 1. The van der Waals surface area contributed by atoms with E-state index in [0.29, 0.717) is 6.61 Å². The fourth-order valence-corrected chi connectivity index (χ4v) is 1.70. The molecule has 0 fully saturated rings. The van der Waals surface area contributed by atoms with Crippen LogP contribution in [0.5, 0.6) is 5.75 Å². The average molecular weight is 258 g/mol. The minimum Gasteiger partial charge on any atom is -0.491 e. The van der Waals surface area contributed by atoms with Gasteiger partial charge in [-0.25, -0.2) is 0 Å². The summed E-state index contributed by atoms with van der Waals surface area (Å²) in [5, 5.41) is 12.0. The molecular formula is C15H18N2O2. The van der Waals surface area contributed by atoms with E-state index in [1.54, 1.807) is 6.20 Å². The minimum atomic E-state index is 0.0351. The predicted octanol–water partition coefficient (Wildman–Crippen LogP) is 1.74. The molecule has 0 bridgehead atoms. The topological polar surface area (TPSA) is 54.4 Å². The Morgan fingerprint density at radius 1 is 1.05 bits per heavy atom. The number of aliphatic hydroxyl groups is 1. The second-order valence-electron chi connectivity index (χ2n) is 4.14. The summed E-state index contributed by atoms with van der Waals surface area (Å²) in [6.07, 6.45) is 1.80. The number of rotatable bonds is 7. The first kappa shape index (κ1) is 13.5. The Labute approximate surface area is 113 Å². The molecule has 0 radical (unpaired) electrons. The van der Waals surface area contributed by atoms with Crippen LogP contribution in [-0.2, 0) is 13.1 Å². The molecule has 0 aliphatic heterocycles. The average Bonchev–Trinajstić information content (AvgIpc) is 2.47. The van der Waals surface area contributed by atoms with Gasteiger partial charge in [0.1, 0.15) is 12.4 Å². The molecule has 2 N–H and O–H groups in total. The van der Waals surface area contributed by atoms with Crippen LogP contribution in [0.1, 0.15) is 11.3 Å². The van der Waals surface area contributed by atoms with Crippen molar-refractivity contribution < 1.29 is 9.84 Å². The van der Waals surface area contributed by atoms with Crippen LogP contribution in [0.4, 0.5) is 0 Å². The van der Waals surface area contributed by atoms with Gasteiger partial charge in [-0.15, -0.1) is 0 Å². The van der Waals surface area contributed by atoms with E-state index in [2.05, 4.69) is 10.3 Å². The van der Waals surface area contributed by atoms with Crippen LogP contribution >= 0.6 is 0 Å². The summed E-state index contributed by atoms with van der Waals surface area (Å²) in [5.74, 6) is 0.780. The van der Waals surface area contributed by atoms with Gasteiger partial charge in [0.05, 0.1) is 12.3 Å². The Morgan fingerprint density at radius 3 is 2.58 bits per heavy atom. The number of pyridine rings is 1. The molecule has 0 amide bonds. The molecule has 19 heavy (non-hydrogen) atoms. The Hall–Kier alpha value is -1.91. The van der Waals surface area contributed by atoms with Gasteiger partial charge >= 0.3 is 0 Å². The number of ether oxygens (including phenoxy) is 1. The Bertz CT molecular complexity index is 471. The third-order valence-corrected chi connectivity index (χ3v) is 2.64. The van der Waals surface area contributed by atoms with Gasteiger partial charge in [-0.1, -0.05) is 18.2 Å². The van der Waals surface area contributed by atoms with Crippen molar-refractivity contribution in [2.45, 2.75) is 13.1 Å². The summed E-state index contributed by atoms with van der Waals surface area (Å²) in [6, 6.07) is 13.7. The van der Waals surface area contributed by atoms with Crippen molar-refractivity contribution in [3.63, 3.8) is 0 Å². The van der Waals surface area contributed by atoms with Crippen LogP contribution in [0.3, 0.4) is 0 Å². The third kappa shape index (κ3) is 4.69. The largest absolute Gasteiger partial charge is 0.491 e. The standard InChI is InChI=1S/C15H18N2O2/c18-9-10-19-15-6-4-13(5-7-15)11-16-12-14-3-1-2-8-17-14/h1-8,16,18H,9-12H2. The fraction of sp³-hybridized carbons (Fsp3) is 0.267. The predicted molar refractivity (Wildman–Crippen MR) is 73.8 cm³/mol. The molecule has 1 heterocycles. The van der Waals surface area contributed by atoms with Crippen LogP contribution in [0.25, 0.3) is 0 Å². The molecule has 2 rings (SSSR count). The molecule has 4 nitrogen and oxygen atoms in total. The molecule has 0 atom stereocenters. The lowest BCUT2D eigenvalue weighted by molar-refractivity contribution is 0.201. The van der Waals surface area contributed by atoms with Crippen molar-refractivity contribution in [1.29, 1.82) is 0 Å². The van der Waals surface area contributed by atoms with E-state index in [4.69, 9.17) is 9.84 Å². The van der Waals surface area contributed by atoms with Crippen molar-refractivity contribution in [2.75, 3.05) is 13.2 Å². The van der Waals surface area contributed by atoms with Gasteiger partial charge in [-0.2, -0.15) is 0 Å². The van der Waals surface area contributed by atoms with E-state index in [0.717, 1.165) is 24.5 Å². The minimum absolute atomic E-state index is 0.0351. The van der Waals surface area contributed by atoms with Crippen LogP contribution in [0.15, 0.2) is 48.7 Å². The molecule has 2 aromatic rings. The molecule has 4 heteroatoms. The lowest BCUT2D eigenvalue weighted by Crippen LogP contribution is -2.13. The number of benzene rings is 1. The van der Waals surface area contributed by atoms with Gasteiger partial charge in [0.15, 0.2) is 0 Å². The highest BCUT2D eigenvalue weighted by Gasteiger charge is 1.96. The lowest BCUT2D eigenvalue weighted by Gasteiger charge is -2.07. The van der Waals surface area contributed by atoms with Crippen LogP contribution in [0, 0.1) is 0 Å². The highest BCUT2D eigenvalue weighted by atomic mass is 16.5. The molecule has 0 unspecified atom stereocenters. The second kappa shape index (κ2) is 7.51. The zero-order chi connectivity index (χ0) is 13.3. The zero-order valence-electron chi connectivity index (χ0n) is 10.7. The van der Waals surface area contributed by atoms with E-state index in [-0.39, 0.29) is 6.61 Å². The van der Waals surface area contributed by atoms with E-state index >= 15 is 0 Å². The number of hydrogen-bond donors (Lipinski definition) is 2. The molecule has 100 valence electrons. The van der Waals surface area contributed by atoms with E-state index < -0.39 is 0 Å². The van der Waals surface area contributed by atoms with Crippen molar-refractivity contribution in [1.82, 2.24) is 10.3 Å². The van der Waals surface area contributed by atoms with Gasteiger partial charge in [0, 0.05) is 19.3 Å². The maximum Gasteiger partial charge on any atom is 0.119 e. The van der Waals surface area contributed by atoms with E-state index in [9.17, 15) is 0 Å². The Morgan fingerprint density at radius 2 is 1.89 bits per heavy atom. The summed E-state index contributed by atoms with van der Waals surface area (Å²) in [4.78, 5) is 4.25. The SMILES string of the molecule is OCCOc1ccc(CNCc2ccccn2)cc1. The van der Waals surface area contributed by atoms with Crippen LogP contribution < -0.4 is 10.1 Å². The smallest absolute Gasteiger partial charge is 0.119 e. The molecular weight excluding hydrogens is 240 g/mol. The highest BCUT2D eigenvalue weighted by Crippen LogP contribution is 2.11. The third-order valence-electron chi connectivity index (χ3n) is 2.64.